The van der Waals surface area contributed by atoms with Crippen molar-refractivity contribution in [2.45, 2.75) is 152 Å². The Morgan fingerprint density at radius 1 is 0.863 bits per heavy atom. The minimum Gasteiger partial charge on any atom is -0.481 e. The molecule has 1 N–H and O–H groups in total. The molecule has 7 heteroatoms. The Morgan fingerprint density at radius 2 is 1.43 bits per heavy atom. The van der Waals surface area contributed by atoms with E-state index in [4.69, 9.17) is 14.2 Å². The number of rotatable bonds is 12. The van der Waals surface area contributed by atoms with Gasteiger partial charge >= 0.3 is 17.9 Å². The average Bonchev–Trinajstić information content (AvgIpc) is 3.31. The summed E-state index contributed by atoms with van der Waals surface area (Å²) in [5, 5.41) is 12.7. The van der Waals surface area contributed by atoms with Gasteiger partial charge in [0.05, 0.1) is 22.9 Å². The normalized spacial score (nSPS) is 29.9. The number of fused-ring (bicyclic) bond motifs is 3. The van der Waals surface area contributed by atoms with E-state index in [-0.39, 0.29) is 34.6 Å². The summed E-state index contributed by atoms with van der Waals surface area (Å²) in [6, 6.07) is 16.7. The van der Waals surface area contributed by atoms with Crippen molar-refractivity contribution in [3.8, 4) is 0 Å². The molecule has 0 amide bonds. The second-order valence-corrected chi connectivity index (χ2v) is 18.7. The van der Waals surface area contributed by atoms with Crippen LogP contribution in [0.1, 0.15) is 140 Å². The van der Waals surface area contributed by atoms with E-state index in [0.29, 0.717) is 32.3 Å². The second kappa shape index (κ2) is 14.8. The molecule has 7 nitrogen and oxygen atoms in total. The highest BCUT2D eigenvalue weighted by atomic mass is 16.7. The van der Waals surface area contributed by atoms with Crippen LogP contribution in [0.2, 0.25) is 0 Å². The Bertz CT molecular complexity index is 1490. The summed E-state index contributed by atoms with van der Waals surface area (Å²) in [6.45, 7) is 23.2. The number of carboxylic acid groups (broad SMARTS) is 1. The lowest BCUT2D eigenvalue weighted by molar-refractivity contribution is -0.200. The largest absolute Gasteiger partial charge is 0.481 e. The Morgan fingerprint density at radius 3 is 1.86 bits per heavy atom. The zero-order valence-electron chi connectivity index (χ0n) is 33.4. The van der Waals surface area contributed by atoms with Gasteiger partial charge in [-0.05, 0) is 120 Å². The molecule has 5 rings (SSSR count). The number of benzene rings is 2. The van der Waals surface area contributed by atoms with Crippen molar-refractivity contribution in [3.05, 3.63) is 48.5 Å². The fourth-order valence-electron chi connectivity index (χ4n) is 9.92. The minimum absolute atomic E-state index is 0.0605. The van der Waals surface area contributed by atoms with Crippen LogP contribution in [0.4, 0.5) is 0 Å². The molecular formula is C44H66O7. The Balaban J connectivity index is 0.000000493. The van der Waals surface area contributed by atoms with Crippen LogP contribution in [0.25, 0.3) is 10.8 Å². The molecule has 3 fully saturated rings. The van der Waals surface area contributed by atoms with Crippen LogP contribution in [0.15, 0.2) is 48.5 Å². The van der Waals surface area contributed by atoms with Crippen LogP contribution in [-0.2, 0) is 28.6 Å². The zero-order valence-corrected chi connectivity index (χ0v) is 33.4. The number of aliphatic carboxylic acids is 1. The summed E-state index contributed by atoms with van der Waals surface area (Å²) < 4.78 is 18.0. The van der Waals surface area contributed by atoms with Gasteiger partial charge in [-0.1, -0.05) is 90.1 Å². The lowest BCUT2D eigenvalue weighted by Gasteiger charge is -2.47. The summed E-state index contributed by atoms with van der Waals surface area (Å²) >= 11 is 0. The number of esters is 2. The Labute approximate surface area is 307 Å². The van der Waals surface area contributed by atoms with Crippen molar-refractivity contribution in [2.24, 2.45) is 38.4 Å². The van der Waals surface area contributed by atoms with Crippen LogP contribution >= 0.6 is 0 Å². The summed E-state index contributed by atoms with van der Waals surface area (Å²) in [4.78, 5) is 39.7. The molecule has 0 aromatic heterocycles. The van der Waals surface area contributed by atoms with Crippen molar-refractivity contribution < 1.29 is 33.7 Å². The lowest BCUT2D eigenvalue weighted by atomic mass is 9.63. The summed E-state index contributed by atoms with van der Waals surface area (Å²) in [7, 11) is 0. The SMILES string of the molecule is CCC(C)(CC(C)(CC(C)CC(C)(C)C(=O)OC1(C)CC2(C)CCC1(C)C2(C)C)C(=O)OC1CCCCO1)C(=O)O.c1ccc2ccccc2c1. The van der Waals surface area contributed by atoms with Gasteiger partial charge in [-0.15, -0.1) is 0 Å². The van der Waals surface area contributed by atoms with Gasteiger partial charge in [-0.25, -0.2) is 0 Å². The number of carbonyl (C=O) groups excluding carboxylic acids is 2. The second-order valence-electron chi connectivity index (χ2n) is 18.7. The molecule has 284 valence electrons. The maximum atomic E-state index is 13.8. The molecule has 51 heavy (non-hydrogen) atoms. The van der Waals surface area contributed by atoms with Crippen molar-refractivity contribution in [1.29, 1.82) is 0 Å². The maximum Gasteiger partial charge on any atom is 0.314 e. The minimum atomic E-state index is -1.08. The van der Waals surface area contributed by atoms with Gasteiger partial charge in [0.15, 0.2) is 0 Å². The van der Waals surface area contributed by atoms with Crippen molar-refractivity contribution in [2.75, 3.05) is 6.61 Å². The molecule has 1 heterocycles. The first kappa shape index (κ1) is 40.8. The van der Waals surface area contributed by atoms with E-state index in [0.717, 1.165) is 32.1 Å². The third-order valence-electron chi connectivity index (χ3n) is 14.1. The number of hydrogen-bond acceptors (Lipinski definition) is 6. The smallest absolute Gasteiger partial charge is 0.314 e. The molecule has 2 saturated carbocycles. The van der Waals surface area contributed by atoms with E-state index in [1.807, 2.05) is 34.6 Å². The van der Waals surface area contributed by atoms with Gasteiger partial charge in [-0.2, -0.15) is 0 Å². The van der Waals surface area contributed by atoms with Gasteiger partial charge < -0.3 is 19.3 Å². The molecule has 0 spiro atoms. The van der Waals surface area contributed by atoms with E-state index in [1.165, 1.54) is 10.8 Å². The third-order valence-corrected chi connectivity index (χ3v) is 14.1. The van der Waals surface area contributed by atoms with Crippen molar-refractivity contribution in [1.82, 2.24) is 0 Å². The van der Waals surface area contributed by atoms with Crippen LogP contribution in [0, 0.1) is 38.4 Å². The predicted molar refractivity (Wildman–Crippen MR) is 203 cm³/mol. The van der Waals surface area contributed by atoms with Gasteiger partial charge in [0.25, 0.3) is 0 Å². The summed E-state index contributed by atoms with van der Waals surface area (Å²) in [5.41, 5.74) is -3.35. The first-order valence-corrected chi connectivity index (χ1v) is 19.3. The standard InChI is InChI=1S/C34H58O7.C10H8/c1-12-30(7,25(35)36)21-31(8,27(38)40-24-15-13-14-18-39-24)20-23(2)19-28(3,4)26(37)41-34(11)22-32(9)16-17-33(34,10)29(32,5)6;1-2-6-10-8-4-3-7-9(10)5-1/h23-24H,12-22H2,1-11H3,(H,35,36);1-8H. The molecule has 2 aromatic carbocycles. The Kier molecular flexibility index (Phi) is 11.9. The number of carboxylic acids is 1. The average molecular weight is 707 g/mol. The molecule has 2 aliphatic carbocycles. The third kappa shape index (κ3) is 8.04. The van der Waals surface area contributed by atoms with Crippen molar-refractivity contribution >= 4 is 28.7 Å². The molecule has 2 aromatic rings. The molecule has 1 saturated heterocycles. The molecule has 7 unspecified atom stereocenters. The monoisotopic (exact) mass is 706 g/mol. The van der Waals surface area contributed by atoms with Gasteiger partial charge in [0, 0.05) is 11.8 Å². The fraction of sp³-hybridized carbons (Fsp3) is 0.705. The number of ether oxygens (including phenoxy) is 3. The lowest BCUT2D eigenvalue weighted by Crippen LogP contribution is -2.50. The van der Waals surface area contributed by atoms with E-state index < -0.39 is 40.1 Å². The van der Waals surface area contributed by atoms with Gasteiger partial charge in [0.2, 0.25) is 6.29 Å². The first-order chi connectivity index (χ1) is 23.6. The predicted octanol–water partition coefficient (Wildman–Crippen LogP) is 10.8. The van der Waals surface area contributed by atoms with Crippen molar-refractivity contribution in [3.63, 3.8) is 0 Å². The topological polar surface area (TPSA) is 99.1 Å². The van der Waals surface area contributed by atoms with Crippen LogP contribution < -0.4 is 0 Å². The fourth-order valence-corrected chi connectivity index (χ4v) is 9.92. The molecule has 0 radical (unpaired) electrons. The highest BCUT2D eigenvalue weighted by molar-refractivity contribution is 5.82. The van der Waals surface area contributed by atoms with Gasteiger partial charge in [0.1, 0.15) is 5.60 Å². The molecule has 3 aliphatic rings. The van der Waals surface area contributed by atoms with Crippen LogP contribution in [-0.4, -0.2) is 41.5 Å². The Hall–Kier alpha value is -2.93. The van der Waals surface area contributed by atoms with Crippen LogP contribution in [0.5, 0.6) is 0 Å². The van der Waals surface area contributed by atoms with Crippen LogP contribution in [0.3, 0.4) is 0 Å². The highest BCUT2D eigenvalue weighted by Gasteiger charge is 2.74. The van der Waals surface area contributed by atoms with E-state index >= 15 is 0 Å². The highest BCUT2D eigenvalue weighted by Crippen LogP contribution is 2.76. The number of carbonyl (C=O) groups is 3. The molecule has 2 bridgehead atoms. The number of hydrogen-bond donors (Lipinski definition) is 1. The van der Waals surface area contributed by atoms with E-state index in [9.17, 15) is 19.5 Å². The summed E-state index contributed by atoms with van der Waals surface area (Å²) in [5.74, 6) is -1.61. The van der Waals surface area contributed by atoms with E-state index in [2.05, 4.69) is 83.1 Å². The zero-order chi connectivity index (χ0) is 38.1. The first-order valence-electron chi connectivity index (χ1n) is 19.3. The van der Waals surface area contributed by atoms with Gasteiger partial charge in [-0.3, -0.25) is 14.4 Å². The quantitative estimate of drug-likeness (QED) is 0.219. The molecule has 7 atom stereocenters. The molecular weight excluding hydrogens is 640 g/mol. The van der Waals surface area contributed by atoms with E-state index in [1.54, 1.807) is 6.92 Å². The molecule has 1 aliphatic heterocycles. The maximum absolute atomic E-state index is 13.8. The summed E-state index contributed by atoms with van der Waals surface area (Å²) in [6.07, 6.45) is 6.43.